The van der Waals surface area contributed by atoms with Crippen molar-refractivity contribution < 1.29 is 33.6 Å². The van der Waals surface area contributed by atoms with Crippen LogP contribution in [0.3, 0.4) is 0 Å². The summed E-state index contributed by atoms with van der Waals surface area (Å²) in [5.74, 6) is -0.398. The fourth-order valence-corrected chi connectivity index (χ4v) is 2.89. The Morgan fingerprint density at radius 3 is 1.81 bits per heavy atom. The SMILES string of the molecule is CCCCOC1[C@H](OCCCC)C(O)OC(COC(C)=O)[C@@H]1OCCCC. The van der Waals surface area contributed by atoms with Crippen LogP contribution in [0.5, 0.6) is 0 Å². The molecule has 1 saturated heterocycles. The molecule has 0 aliphatic carbocycles. The first kappa shape index (κ1) is 24.3. The average Bonchev–Trinajstić information content (AvgIpc) is 2.64. The number of carbonyl (C=O) groups excluding carboxylic acids is 1. The summed E-state index contributed by atoms with van der Waals surface area (Å²) in [4.78, 5) is 11.2. The molecule has 1 rings (SSSR count). The minimum absolute atomic E-state index is 0.0124. The molecule has 0 aromatic heterocycles. The largest absolute Gasteiger partial charge is 0.463 e. The van der Waals surface area contributed by atoms with Crippen LogP contribution in [-0.2, 0) is 28.5 Å². The Hall–Kier alpha value is -0.730. The summed E-state index contributed by atoms with van der Waals surface area (Å²) < 4.78 is 28.9. The number of aliphatic hydroxyl groups excluding tert-OH is 1. The maximum atomic E-state index is 11.2. The van der Waals surface area contributed by atoms with Crippen molar-refractivity contribution in [1.82, 2.24) is 0 Å². The summed E-state index contributed by atoms with van der Waals surface area (Å²) in [7, 11) is 0. The number of hydrogen-bond acceptors (Lipinski definition) is 7. The van der Waals surface area contributed by atoms with Crippen molar-refractivity contribution in [2.24, 2.45) is 0 Å². The molecule has 0 saturated carbocycles. The van der Waals surface area contributed by atoms with E-state index in [4.69, 9.17) is 23.7 Å². The molecule has 0 aromatic carbocycles. The Morgan fingerprint density at radius 1 is 0.852 bits per heavy atom. The molecule has 0 radical (unpaired) electrons. The highest BCUT2D eigenvalue weighted by Gasteiger charge is 2.48. The Labute approximate surface area is 163 Å². The minimum Gasteiger partial charge on any atom is -0.463 e. The Morgan fingerprint density at radius 2 is 1.33 bits per heavy atom. The zero-order valence-electron chi connectivity index (χ0n) is 17.4. The number of hydrogen-bond donors (Lipinski definition) is 1. The number of rotatable bonds is 14. The number of aliphatic hydroxyl groups is 1. The number of unbranched alkanes of at least 4 members (excludes halogenated alkanes) is 3. The highest BCUT2D eigenvalue weighted by molar-refractivity contribution is 5.65. The van der Waals surface area contributed by atoms with Crippen LogP contribution in [0.2, 0.25) is 0 Å². The second kappa shape index (κ2) is 14.3. The molecule has 1 aliphatic heterocycles. The van der Waals surface area contributed by atoms with Crippen molar-refractivity contribution in [3.05, 3.63) is 0 Å². The quantitative estimate of drug-likeness (QED) is 0.361. The zero-order chi connectivity index (χ0) is 20.1. The lowest BCUT2D eigenvalue weighted by atomic mass is 9.98. The van der Waals surface area contributed by atoms with Crippen LogP contribution in [0, 0.1) is 0 Å². The van der Waals surface area contributed by atoms with Crippen LogP contribution >= 0.6 is 0 Å². The van der Waals surface area contributed by atoms with Crippen LogP contribution in [0.15, 0.2) is 0 Å². The van der Waals surface area contributed by atoms with Gasteiger partial charge in [0.25, 0.3) is 0 Å². The van der Waals surface area contributed by atoms with Crippen molar-refractivity contribution in [3.63, 3.8) is 0 Å². The first-order chi connectivity index (χ1) is 13.0. The van der Waals surface area contributed by atoms with Crippen LogP contribution in [0.1, 0.15) is 66.2 Å². The number of carbonyl (C=O) groups is 1. The van der Waals surface area contributed by atoms with E-state index in [1.807, 2.05) is 0 Å². The first-order valence-electron chi connectivity index (χ1n) is 10.4. The molecular formula is C20H38O7. The lowest BCUT2D eigenvalue weighted by Gasteiger charge is -2.44. The highest BCUT2D eigenvalue weighted by Crippen LogP contribution is 2.28. The van der Waals surface area contributed by atoms with Crippen molar-refractivity contribution in [2.75, 3.05) is 26.4 Å². The Balaban J connectivity index is 2.90. The van der Waals surface area contributed by atoms with Crippen LogP contribution in [-0.4, -0.2) is 68.2 Å². The van der Waals surface area contributed by atoms with Gasteiger partial charge in [-0.05, 0) is 19.3 Å². The molecular weight excluding hydrogens is 352 g/mol. The van der Waals surface area contributed by atoms with E-state index in [2.05, 4.69) is 20.8 Å². The van der Waals surface area contributed by atoms with Crippen molar-refractivity contribution >= 4 is 5.97 Å². The van der Waals surface area contributed by atoms with Crippen molar-refractivity contribution in [2.45, 2.75) is 96.9 Å². The van der Waals surface area contributed by atoms with Gasteiger partial charge >= 0.3 is 5.97 Å². The van der Waals surface area contributed by atoms with E-state index < -0.39 is 36.7 Å². The molecule has 27 heavy (non-hydrogen) atoms. The van der Waals surface area contributed by atoms with Crippen LogP contribution in [0.25, 0.3) is 0 Å². The molecule has 0 amide bonds. The van der Waals surface area contributed by atoms with Gasteiger partial charge in [0, 0.05) is 26.7 Å². The van der Waals surface area contributed by atoms with E-state index in [-0.39, 0.29) is 6.61 Å². The molecule has 3 unspecified atom stereocenters. The summed E-state index contributed by atoms with van der Waals surface area (Å²) >= 11 is 0. The summed E-state index contributed by atoms with van der Waals surface area (Å²) in [6, 6.07) is 0. The lowest BCUT2D eigenvalue weighted by molar-refractivity contribution is -0.311. The molecule has 1 N–H and O–H groups in total. The summed E-state index contributed by atoms with van der Waals surface area (Å²) in [5.41, 5.74) is 0. The maximum absolute atomic E-state index is 11.2. The third-order valence-electron chi connectivity index (χ3n) is 4.48. The fraction of sp³-hybridized carbons (Fsp3) is 0.950. The predicted molar refractivity (Wildman–Crippen MR) is 101 cm³/mol. The van der Waals surface area contributed by atoms with Crippen molar-refractivity contribution in [3.8, 4) is 0 Å². The van der Waals surface area contributed by atoms with Gasteiger partial charge in [0.15, 0.2) is 6.29 Å². The maximum Gasteiger partial charge on any atom is 0.302 e. The lowest BCUT2D eigenvalue weighted by Crippen LogP contribution is -2.61. The minimum atomic E-state index is -1.15. The average molecular weight is 391 g/mol. The van der Waals surface area contributed by atoms with Gasteiger partial charge in [-0.25, -0.2) is 0 Å². The molecule has 0 bridgehead atoms. The zero-order valence-corrected chi connectivity index (χ0v) is 17.4. The molecule has 1 heterocycles. The third-order valence-corrected chi connectivity index (χ3v) is 4.48. The van der Waals surface area contributed by atoms with Gasteiger partial charge in [0.1, 0.15) is 31.0 Å². The van der Waals surface area contributed by atoms with Gasteiger partial charge < -0.3 is 28.8 Å². The Kier molecular flexibility index (Phi) is 12.9. The normalized spacial score (nSPS) is 28.3. The number of ether oxygens (including phenoxy) is 5. The number of esters is 1. The standard InChI is InChI=1S/C20H38O7/c1-5-8-11-23-17-16(14-26-15(4)21)27-20(22)19(25-13-10-7-3)18(17)24-12-9-6-2/h16-20,22H,5-14H2,1-4H3/t16?,17-,18?,19-,20?/m0/s1. The molecule has 1 aliphatic rings. The van der Waals surface area contributed by atoms with E-state index in [0.29, 0.717) is 19.8 Å². The van der Waals surface area contributed by atoms with Crippen LogP contribution < -0.4 is 0 Å². The van der Waals surface area contributed by atoms with Crippen LogP contribution in [0.4, 0.5) is 0 Å². The topological polar surface area (TPSA) is 83.5 Å². The molecule has 7 nitrogen and oxygen atoms in total. The fourth-order valence-electron chi connectivity index (χ4n) is 2.89. The van der Waals surface area contributed by atoms with E-state index in [1.54, 1.807) is 0 Å². The molecule has 1 fully saturated rings. The highest BCUT2D eigenvalue weighted by atomic mass is 16.7. The summed E-state index contributed by atoms with van der Waals surface area (Å²) in [6.45, 7) is 9.24. The predicted octanol–water partition coefficient (Wildman–Crippen LogP) is 2.82. The molecule has 0 spiro atoms. The smallest absolute Gasteiger partial charge is 0.302 e. The van der Waals surface area contributed by atoms with E-state index in [0.717, 1.165) is 38.5 Å². The van der Waals surface area contributed by atoms with Gasteiger partial charge in [-0.2, -0.15) is 0 Å². The second-order valence-electron chi connectivity index (χ2n) is 6.93. The summed E-state index contributed by atoms with van der Waals surface area (Å²) in [5, 5.41) is 10.5. The molecule has 0 aromatic rings. The van der Waals surface area contributed by atoms with E-state index in [1.165, 1.54) is 6.92 Å². The van der Waals surface area contributed by atoms with Crippen molar-refractivity contribution in [1.29, 1.82) is 0 Å². The van der Waals surface area contributed by atoms with E-state index >= 15 is 0 Å². The third kappa shape index (κ3) is 8.87. The second-order valence-corrected chi connectivity index (χ2v) is 6.93. The first-order valence-corrected chi connectivity index (χ1v) is 10.4. The van der Waals surface area contributed by atoms with Gasteiger partial charge in [-0.3, -0.25) is 4.79 Å². The molecule has 7 heteroatoms. The summed E-state index contributed by atoms with van der Waals surface area (Å²) in [6.07, 6.45) is 2.38. The molecule has 160 valence electrons. The monoisotopic (exact) mass is 390 g/mol. The molecule has 5 atom stereocenters. The van der Waals surface area contributed by atoms with Gasteiger partial charge in [-0.1, -0.05) is 40.0 Å². The van der Waals surface area contributed by atoms with Gasteiger partial charge in [0.2, 0.25) is 0 Å². The Bertz CT molecular complexity index is 391. The van der Waals surface area contributed by atoms with Gasteiger partial charge in [-0.15, -0.1) is 0 Å². The van der Waals surface area contributed by atoms with Gasteiger partial charge in [0.05, 0.1) is 0 Å². The van der Waals surface area contributed by atoms with E-state index in [9.17, 15) is 9.90 Å².